The molecule has 0 aliphatic heterocycles. The zero-order valence-corrected chi connectivity index (χ0v) is 27.8. The number of halogens is 5. The number of carboxylic acid groups (broad SMARTS) is 2. The van der Waals surface area contributed by atoms with Crippen LogP contribution >= 0.6 is 0 Å². The van der Waals surface area contributed by atoms with Gasteiger partial charge in [-0.15, -0.1) is 0 Å². The van der Waals surface area contributed by atoms with E-state index in [9.17, 15) is 27.9 Å². The van der Waals surface area contributed by atoms with Crippen LogP contribution in [0.15, 0.2) is 42.5 Å². The third kappa shape index (κ3) is 11.0. The SMILES string of the molecule is CCCCCNC(=O)c1ccc(Oc2nc(Oc3cccc(C(=N)N)c3)c(F)c(N(C(C)C)C(C)C)c2F)c(C(=O)O)c1.O=C(O)C(F)(F)F. The lowest BCUT2D eigenvalue weighted by molar-refractivity contribution is -0.192. The molecule has 6 N–H and O–H groups in total. The van der Waals surface area contributed by atoms with Gasteiger partial charge in [-0.3, -0.25) is 10.2 Å². The molecule has 0 aliphatic rings. The number of nitrogens with zero attached hydrogens (tertiary/aromatic N) is 2. The lowest BCUT2D eigenvalue weighted by Crippen LogP contribution is -2.38. The minimum atomic E-state index is -5.08. The molecule has 272 valence electrons. The van der Waals surface area contributed by atoms with Gasteiger partial charge in [0.05, 0.1) is 0 Å². The highest BCUT2D eigenvalue weighted by molar-refractivity contribution is 5.99. The summed E-state index contributed by atoms with van der Waals surface area (Å²) in [5, 5.41) is 27.4. The lowest BCUT2D eigenvalue weighted by Gasteiger charge is -2.33. The maximum Gasteiger partial charge on any atom is 0.490 e. The second-order valence-electron chi connectivity index (χ2n) is 11.2. The molecule has 17 heteroatoms. The van der Waals surface area contributed by atoms with E-state index >= 15 is 8.78 Å². The Bertz CT molecular complexity index is 1690. The fraction of sp³-hybridized carbons (Fsp3) is 0.364. The molecule has 0 atom stereocenters. The number of anilines is 1. The van der Waals surface area contributed by atoms with Crippen LogP contribution < -0.4 is 25.4 Å². The maximum absolute atomic E-state index is 16.0. The second-order valence-corrected chi connectivity index (χ2v) is 11.2. The number of nitrogens with one attached hydrogen (secondary N) is 2. The first-order valence-corrected chi connectivity index (χ1v) is 15.2. The number of pyridine rings is 1. The zero-order chi connectivity index (χ0) is 37.9. The summed E-state index contributed by atoms with van der Waals surface area (Å²) in [4.78, 5) is 39.0. The summed E-state index contributed by atoms with van der Waals surface area (Å²) in [6, 6.07) is 8.93. The minimum Gasteiger partial charge on any atom is -0.478 e. The number of ether oxygens (including phenoxy) is 2. The molecule has 1 heterocycles. The number of rotatable bonds is 14. The Morgan fingerprint density at radius 2 is 1.52 bits per heavy atom. The highest BCUT2D eigenvalue weighted by Crippen LogP contribution is 2.40. The highest BCUT2D eigenvalue weighted by Gasteiger charge is 2.38. The Morgan fingerprint density at radius 3 is 2.02 bits per heavy atom. The molecule has 12 nitrogen and oxygen atoms in total. The van der Waals surface area contributed by atoms with Crippen LogP contribution in [0.3, 0.4) is 0 Å². The Labute approximate surface area is 284 Å². The first-order valence-electron chi connectivity index (χ1n) is 15.2. The molecule has 0 saturated heterocycles. The fourth-order valence-corrected chi connectivity index (χ4v) is 4.51. The van der Waals surface area contributed by atoms with Gasteiger partial charge < -0.3 is 35.6 Å². The zero-order valence-electron chi connectivity index (χ0n) is 27.8. The standard InChI is InChI=1S/C31H37F2N5O5.C2HF3O2/c1-6-7-8-14-36-28(39)20-12-13-23(22(16-20)31(40)41)43-30-25(33)26(38(17(2)3)18(4)5)24(32)29(37-30)42-21-11-9-10-19(15-21)27(34)35;3-2(4,5)1(6)7/h9-13,15-18H,6-8,14H2,1-5H3,(H3,34,35)(H,36,39)(H,40,41);(H,6,7). The number of hydrogen-bond donors (Lipinski definition) is 5. The molecule has 1 amide bonds. The molecule has 0 saturated carbocycles. The van der Waals surface area contributed by atoms with Crippen LogP contribution in [0, 0.1) is 17.0 Å². The summed E-state index contributed by atoms with van der Waals surface area (Å²) in [5.74, 6) is -8.78. The van der Waals surface area contributed by atoms with Crippen LogP contribution in [0.5, 0.6) is 23.3 Å². The Balaban J connectivity index is 0.00000112. The van der Waals surface area contributed by atoms with Crippen molar-refractivity contribution in [2.45, 2.75) is 72.1 Å². The molecule has 0 fully saturated rings. The van der Waals surface area contributed by atoms with Gasteiger partial charge in [-0.2, -0.15) is 26.9 Å². The summed E-state index contributed by atoms with van der Waals surface area (Å²) >= 11 is 0. The van der Waals surface area contributed by atoms with Gasteiger partial charge in [-0.1, -0.05) is 31.9 Å². The number of carbonyl (C=O) groups excluding carboxylic acids is 1. The van der Waals surface area contributed by atoms with E-state index in [1.54, 1.807) is 39.8 Å². The number of alkyl halides is 3. The quantitative estimate of drug-likeness (QED) is 0.0499. The van der Waals surface area contributed by atoms with Crippen molar-refractivity contribution < 1.29 is 56.0 Å². The van der Waals surface area contributed by atoms with Crippen LogP contribution in [0.1, 0.15) is 80.2 Å². The number of nitrogens with two attached hydrogens (primary N) is 1. The number of benzene rings is 2. The minimum absolute atomic E-state index is 0.0729. The van der Waals surface area contributed by atoms with E-state index in [1.165, 1.54) is 29.2 Å². The number of carboxylic acids is 2. The van der Waals surface area contributed by atoms with Crippen molar-refractivity contribution in [1.82, 2.24) is 10.3 Å². The summed E-state index contributed by atoms with van der Waals surface area (Å²) in [7, 11) is 0. The van der Waals surface area contributed by atoms with Crippen molar-refractivity contribution in [3.8, 4) is 23.3 Å². The number of aromatic carboxylic acids is 1. The van der Waals surface area contributed by atoms with Gasteiger partial charge in [0.2, 0.25) is 11.6 Å². The molecule has 0 radical (unpaired) electrons. The van der Waals surface area contributed by atoms with Crippen LogP contribution in [0.4, 0.5) is 27.6 Å². The predicted molar refractivity (Wildman–Crippen MR) is 173 cm³/mol. The molecule has 3 rings (SSSR count). The van der Waals surface area contributed by atoms with Gasteiger partial charge in [-0.25, -0.2) is 9.59 Å². The van der Waals surface area contributed by atoms with Crippen molar-refractivity contribution in [1.29, 1.82) is 5.41 Å². The lowest BCUT2D eigenvalue weighted by atomic mass is 10.1. The molecule has 0 aliphatic carbocycles. The number of hydrogen-bond acceptors (Lipinski definition) is 8. The van der Waals surface area contributed by atoms with Gasteiger partial charge in [0.15, 0.2) is 0 Å². The van der Waals surface area contributed by atoms with E-state index < -0.39 is 58.7 Å². The predicted octanol–water partition coefficient (Wildman–Crippen LogP) is 7.10. The molecule has 2 aromatic carbocycles. The van der Waals surface area contributed by atoms with Crippen molar-refractivity contribution in [3.05, 3.63) is 70.8 Å². The summed E-state index contributed by atoms with van der Waals surface area (Å²) in [5.41, 5.74) is 5.05. The summed E-state index contributed by atoms with van der Waals surface area (Å²) < 4.78 is 75.1. The van der Waals surface area contributed by atoms with E-state index in [2.05, 4.69) is 10.3 Å². The number of amidine groups is 1. The van der Waals surface area contributed by atoms with Crippen LogP contribution in [-0.2, 0) is 4.79 Å². The third-order valence-corrected chi connectivity index (χ3v) is 6.71. The van der Waals surface area contributed by atoms with E-state index in [0.717, 1.165) is 25.3 Å². The van der Waals surface area contributed by atoms with E-state index in [4.69, 9.17) is 30.5 Å². The summed E-state index contributed by atoms with van der Waals surface area (Å²) in [6.45, 7) is 9.49. The van der Waals surface area contributed by atoms with Crippen molar-refractivity contribution in [3.63, 3.8) is 0 Å². The Kier molecular flexibility index (Phi) is 14.5. The molecule has 1 aromatic heterocycles. The number of aliphatic carboxylic acids is 1. The fourth-order valence-electron chi connectivity index (χ4n) is 4.51. The molecular formula is C33H38F5N5O7. The largest absolute Gasteiger partial charge is 0.490 e. The maximum atomic E-state index is 16.0. The molecule has 50 heavy (non-hydrogen) atoms. The topological polar surface area (TPSA) is 188 Å². The van der Waals surface area contributed by atoms with Gasteiger partial charge in [-0.05, 0) is 64.4 Å². The van der Waals surface area contributed by atoms with E-state index in [-0.39, 0.29) is 35.0 Å². The molecule has 0 bridgehead atoms. The number of unbranched alkanes of at least 4 members (excludes halogenated alkanes) is 2. The number of aromatic nitrogens is 1. The normalized spacial score (nSPS) is 11.0. The average Bonchev–Trinajstić information content (AvgIpc) is 3.03. The van der Waals surface area contributed by atoms with Gasteiger partial charge >= 0.3 is 18.1 Å². The van der Waals surface area contributed by atoms with Gasteiger partial charge in [0, 0.05) is 29.8 Å². The third-order valence-electron chi connectivity index (χ3n) is 6.71. The molecule has 0 spiro atoms. The van der Waals surface area contributed by atoms with Crippen molar-refractivity contribution >= 4 is 29.4 Å². The van der Waals surface area contributed by atoms with Crippen LogP contribution in [0.25, 0.3) is 0 Å². The van der Waals surface area contributed by atoms with Crippen molar-refractivity contribution in [2.24, 2.45) is 5.73 Å². The molecule has 3 aromatic rings. The number of carbonyl (C=O) groups is 3. The van der Waals surface area contributed by atoms with Crippen LogP contribution in [-0.4, -0.2) is 63.7 Å². The average molecular weight is 712 g/mol. The molecular weight excluding hydrogens is 673 g/mol. The first-order chi connectivity index (χ1) is 23.3. The second kappa shape index (κ2) is 17.8. The monoisotopic (exact) mass is 711 g/mol. The number of amides is 1. The van der Waals surface area contributed by atoms with Crippen molar-refractivity contribution in [2.75, 3.05) is 11.4 Å². The highest BCUT2D eigenvalue weighted by atomic mass is 19.4. The molecule has 0 unspecified atom stereocenters. The Hall–Kier alpha value is -5.48. The smallest absolute Gasteiger partial charge is 0.478 e. The Morgan fingerprint density at radius 1 is 0.940 bits per heavy atom. The van der Waals surface area contributed by atoms with Gasteiger partial charge in [0.25, 0.3) is 17.7 Å². The summed E-state index contributed by atoms with van der Waals surface area (Å²) in [6.07, 6.45) is -2.39. The van der Waals surface area contributed by atoms with Crippen LogP contribution in [0.2, 0.25) is 0 Å². The van der Waals surface area contributed by atoms with E-state index in [0.29, 0.717) is 12.1 Å². The first kappa shape index (κ1) is 40.7. The van der Waals surface area contributed by atoms with Gasteiger partial charge in [0.1, 0.15) is 28.6 Å². The number of nitrogen functional groups attached to an aromatic ring is 1. The van der Waals surface area contributed by atoms with E-state index in [1.807, 2.05) is 6.92 Å².